The third-order valence-electron chi connectivity index (χ3n) is 8.12. The predicted octanol–water partition coefficient (Wildman–Crippen LogP) is 3.08. The Morgan fingerprint density at radius 3 is 2.82 bits per heavy atom. The molecule has 2 saturated carbocycles. The zero-order valence-electron chi connectivity index (χ0n) is 18.5. The number of aliphatic hydroxyl groups excluding tert-OH is 2. The molecular weight excluding hydrogens is 418 g/mol. The number of nitrogens with zero attached hydrogens (tertiary/aromatic N) is 5. The molecule has 0 amide bonds. The van der Waals surface area contributed by atoms with Crippen LogP contribution in [-0.4, -0.2) is 52.9 Å². The molecule has 5 atom stereocenters. The monoisotopic (exact) mass is 445 g/mol. The van der Waals surface area contributed by atoms with Crippen molar-refractivity contribution in [3.05, 3.63) is 60.1 Å². The molecule has 2 N–H and O–H groups in total. The fourth-order valence-corrected chi connectivity index (χ4v) is 6.07. The van der Waals surface area contributed by atoms with Crippen LogP contribution in [0.25, 0.3) is 16.7 Å². The summed E-state index contributed by atoms with van der Waals surface area (Å²) in [4.78, 5) is 13.3. The van der Waals surface area contributed by atoms with Crippen LogP contribution >= 0.6 is 0 Å². The van der Waals surface area contributed by atoms with Gasteiger partial charge in [-0.05, 0) is 56.4 Å². The number of aromatic nitrogens is 5. The molecule has 3 aliphatic rings. The van der Waals surface area contributed by atoms with E-state index in [4.69, 9.17) is 4.74 Å². The SMILES string of the molecule is Cc1ncnc2c1ccn2[C@@H]1C[C@@]2(CO[C@@H](c3ccn4c(C5CC5)cnc4c3)C2)[C@@H](O)[C@H]1O. The first-order valence-corrected chi connectivity index (χ1v) is 11.8. The van der Waals surface area contributed by atoms with Gasteiger partial charge in [0.05, 0.1) is 30.6 Å². The molecule has 1 aliphatic heterocycles. The number of imidazole rings is 1. The molecule has 3 fully saturated rings. The molecule has 33 heavy (non-hydrogen) atoms. The minimum Gasteiger partial charge on any atom is -0.390 e. The normalized spacial score (nSPS) is 32.0. The minimum atomic E-state index is -0.880. The van der Waals surface area contributed by atoms with Gasteiger partial charge < -0.3 is 23.9 Å². The molecular formula is C25H27N5O3. The van der Waals surface area contributed by atoms with Crippen molar-refractivity contribution >= 4 is 16.7 Å². The maximum atomic E-state index is 11.2. The Labute approximate surface area is 190 Å². The van der Waals surface area contributed by atoms with Crippen molar-refractivity contribution in [2.24, 2.45) is 5.41 Å². The van der Waals surface area contributed by atoms with E-state index >= 15 is 0 Å². The zero-order valence-corrected chi connectivity index (χ0v) is 18.5. The van der Waals surface area contributed by atoms with E-state index in [1.807, 2.05) is 30.0 Å². The highest BCUT2D eigenvalue weighted by atomic mass is 16.5. The first-order chi connectivity index (χ1) is 16.0. The Bertz CT molecular complexity index is 1380. The third-order valence-corrected chi connectivity index (χ3v) is 8.12. The lowest BCUT2D eigenvalue weighted by Crippen LogP contribution is -2.37. The van der Waals surface area contributed by atoms with Crippen molar-refractivity contribution in [1.29, 1.82) is 0 Å². The quantitative estimate of drug-likeness (QED) is 0.503. The van der Waals surface area contributed by atoms with E-state index in [0.29, 0.717) is 25.4 Å². The maximum absolute atomic E-state index is 11.2. The van der Waals surface area contributed by atoms with Crippen molar-refractivity contribution in [2.75, 3.05) is 6.61 Å². The number of pyridine rings is 1. The largest absolute Gasteiger partial charge is 0.390 e. The Hall–Kier alpha value is -2.81. The molecule has 1 spiro atoms. The highest BCUT2D eigenvalue weighted by molar-refractivity contribution is 5.78. The molecule has 2 aliphatic carbocycles. The summed E-state index contributed by atoms with van der Waals surface area (Å²) in [5.74, 6) is 0.641. The molecule has 4 aromatic rings. The topological polar surface area (TPSA) is 97.7 Å². The average molecular weight is 446 g/mol. The molecule has 1 saturated heterocycles. The molecule has 5 heterocycles. The molecule has 8 nitrogen and oxygen atoms in total. The standard InChI is InChI=1S/C25H27N5O3/c1-14-17-5-7-30(24(17)28-13-27-14)18-9-25(23(32)22(18)31)10-20(33-12-25)16-4-6-29-19(15-2-3-15)11-26-21(29)8-16/h4-8,11,13,15,18,20,22-23,31-32H,2-3,9-10,12H2,1H3/t18-,20-,22+,23+,25-/m1/s1. The van der Waals surface area contributed by atoms with Gasteiger partial charge in [-0.2, -0.15) is 0 Å². The predicted molar refractivity (Wildman–Crippen MR) is 121 cm³/mol. The Morgan fingerprint density at radius 2 is 1.97 bits per heavy atom. The van der Waals surface area contributed by atoms with Crippen LogP contribution in [0.15, 0.2) is 43.1 Å². The van der Waals surface area contributed by atoms with E-state index in [-0.39, 0.29) is 12.1 Å². The van der Waals surface area contributed by atoms with Gasteiger partial charge in [-0.25, -0.2) is 15.0 Å². The number of rotatable bonds is 3. The van der Waals surface area contributed by atoms with E-state index in [1.54, 1.807) is 6.33 Å². The summed E-state index contributed by atoms with van der Waals surface area (Å²) in [6.45, 7) is 2.38. The molecule has 0 aromatic carbocycles. The zero-order chi connectivity index (χ0) is 22.3. The van der Waals surface area contributed by atoms with Gasteiger partial charge in [-0.1, -0.05) is 0 Å². The van der Waals surface area contributed by atoms with Crippen LogP contribution in [0.4, 0.5) is 0 Å². The number of hydrogen-bond donors (Lipinski definition) is 2. The van der Waals surface area contributed by atoms with Crippen LogP contribution in [0.1, 0.15) is 60.7 Å². The molecule has 0 unspecified atom stereocenters. The first-order valence-electron chi connectivity index (χ1n) is 11.8. The summed E-state index contributed by atoms with van der Waals surface area (Å²) in [5.41, 5.74) is 4.52. The number of hydrogen-bond acceptors (Lipinski definition) is 6. The lowest BCUT2D eigenvalue weighted by atomic mass is 9.80. The third kappa shape index (κ3) is 2.84. The van der Waals surface area contributed by atoms with E-state index in [2.05, 4.69) is 37.7 Å². The number of aliphatic hydroxyl groups is 2. The van der Waals surface area contributed by atoms with Gasteiger partial charge >= 0.3 is 0 Å². The second-order valence-corrected chi connectivity index (χ2v) is 10.1. The van der Waals surface area contributed by atoms with Crippen LogP contribution in [0, 0.1) is 12.3 Å². The van der Waals surface area contributed by atoms with Gasteiger partial charge in [0.15, 0.2) is 0 Å². The smallest absolute Gasteiger partial charge is 0.143 e. The summed E-state index contributed by atoms with van der Waals surface area (Å²) in [6.07, 6.45) is 9.51. The fraction of sp³-hybridized carbons (Fsp3) is 0.480. The highest BCUT2D eigenvalue weighted by Gasteiger charge is 2.57. The fourth-order valence-electron chi connectivity index (χ4n) is 6.07. The van der Waals surface area contributed by atoms with Gasteiger partial charge in [-0.15, -0.1) is 0 Å². The average Bonchev–Trinajstić information content (AvgIpc) is 3.17. The number of ether oxygens (including phenoxy) is 1. The second kappa shape index (κ2) is 6.85. The van der Waals surface area contributed by atoms with E-state index < -0.39 is 17.6 Å². The Morgan fingerprint density at radius 1 is 1.09 bits per heavy atom. The summed E-state index contributed by atoms with van der Waals surface area (Å²) in [7, 11) is 0. The lowest BCUT2D eigenvalue weighted by Gasteiger charge is -2.26. The van der Waals surface area contributed by atoms with Gasteiger partial charge in [0.1, 0.15) is 23.7 Å². The van der Waals surface area contributed by atoms with Crippen LogP contribution in [0.2, 0.25) is 0 Å². The molecule has 4 aromatic heterocycles. The van der Waals surface area contributed by atoms with Crippen molar-refractivity contribution in [1.82, 2.24) is 23.9 Å². The number of fused-ring (bicyclic) bond motifs is 2. The van der Waals surface area contributed by atoms with Crippen LogP contribution < -0.4 is 0 Å². The molecule has 7 rings (SSSR count). The summed E-state index contributed by atoms with van der Waals surface area (Å²) in [6, 6.07) is 5.94. The maximum Gasteiger partial charge on any atom is 0.143 e. The summed E-state index contributed by atoms with van der Waals surface area (Å²) >= 11 is 0. The van der Waals surface area contributed by atoms with Crippen molar-refractivity contribution in [2.45, 2.75) is 62.9 Å². The Balaban J connectivity index is 1.18. The van der Waals surface area contributed by atoms with E-state index in [9.17, 15) is 10.2 Å². The Kier molecular flexibility index (Phi) is 4.08. The molecule has 170 valence electrons. The second-order valence-electron chi connectivity index (χ2n) is 10.1. The molecule has 0 radical (unpaired) electrons. The number of aryl methyl sites for hydroxylation is 1. The van der Waals surface area contributed by atoms with E-state index in [0.717, 1.165) is 27.9 Å². The molecule has 8 heteroatoms. The summed E-state index contributed by atoms with van der Waals surface area (Å²) in [5, 5.41) is 23.2. The van der Waals surface area contributed by atoms with Crippen molar-refractivity contribution in [3.8, 4) is 0 Å². The van der Waals surface area contributed by atoms with E-state index in [1.165, 1.54) is 18.5 Å². The first kappa shape index (κ1) is 19.6. The van der Waals surface area contributed by atoms with Crippen molar-refractivity contribution in [3.63, 3.8) is 0 Å². The van der Waals surface area contributed by atoms with Gasteiger partial charge in [0.2, 0.25) is 0 Å². The molecule has 0 bridgehead atoms. The minimum absolute atomic E-state index is 0.123. The van der Waals surface area contributed by atoms with Crippen LogP contribution in [0.3, 0.4) is 0 Å². The highest BCUT2D eigenvalue weighted by Crippen LogP contribution is 2.54. The van der Waals surface area contributed by atoms with Gasteiger partial charge in [-0.3, -0.25) is 0 Å². The van der Waals surface area contributed by atoms with Gasteiger partial charge in [0.25, 0.3) is 0 Å². The van der Waals surface area contributed by atoms with Crippen molar-refractivity contribution < 1.29 is 14.9 Å². The van der Waals surface area contributed by atoms with Crippen LogP contribution in [0.5, 0.6) is 0 Å². The van der Waals surface area contributed by atoms with Gasteiger partial charge in [0, 0.05) is 41.0 Å². The van der Waals surface area contributed by atoms with Crippen LogP contribution in [-0.2, 0) is 4.74 Å². The summed E-state index contributed by atoms with van der Waals surface area (Å²) < 4.78 is 10.4. The lowest BCUT2D eigenvalue weighted by molar-refractivity contribution is -0.0309.